The average molecular weight is 179 g/mol. The third-order valence-corrected chi connectivity index (χ3v) is 1.98. The number of carboxylic acid groups (broad SMARTS) is 1. The molecule has 0 radical (unpaired) electrons. The summed E-state index contributed by atoms with van der Waals surface area (Å²) in [5, 5.41) is 8.67. The Balaban J connectivity index is 2.94. The van der Waals surface area contributed by atoms with Crippen LogP contribution in [0.1, 0.15) is 24.1 Å². The molecule has 0 saturated heterocycles. The molecule has 0 heterocycles. The molecular weight excluding hydrogens is 166 g/mol. The number of rotatable bonds is 3. The topological polar surface area (TPSA) is 63.3 Å². The lowest BCUT2D eigenvalue weighted by Crippen LogP contribution is -2.20. The molecule has 0 saturated carbocycles. The first-order valence-electron chi connectivity index (χ1n) is 4.22. The van der Waals surface area contributed by atoms with Crippen LogP contribution in [0.4, 0.5) is 0 Å². The molecule has 70 valence electrons. The summed E-state index contributed by atoms with van der Waals surface area (Å²) in [7, 11) is 0. The van der Waals surface area contributed by atoms with Crippen molar-refractivity contribution in [1.29, 1.82) is 0 Å². The van der Waals surface area contributed by atoms with Crippen LogP contribution in [0, 0.1) is 0 Å². The van der Waals surface area contributed by atoms with Crippen molar-refractivity contribution in [2.75, 3.05) is 0 Å². The summed E-state index contributed by atoms with van der Waals surface area (Å²) in [6.07, 6.45) is 0.889. The summed E-state index contributed by atoms with van der Waals surface area (Å²) in [6, 6.07) is 6.44. The van der Waals surface area contributed by atoms with Gasteiger partial charge in [-0.05, 0) is 17.5 Å². The Morgan fingerprint density at radius 3 is 2.85 bits per heavy atom. The Kier molecular flexibility index (Phi) is 3.03. The normalized spacial score (nSPS) is 12.5. The second-order valence-corrected chi connectivity index (χ2v) is 2.91. The van der Waals surface area contributed by atoms with Gasteiger partial charge >= 0.3 is 5.97 Å². The van der Waals surface area contributed by atoms with Gasteiger partial charge in [-0.15, -0.1) is 0 Å². The maximum atomic E-state index is 10.6. The lowest BCUT2D eigenvalue weighted by molar-refractivity contribution is -0.138. The van der Waals surface area contributed by atoms with Crippen molar-refractivity contribution in [2.24, 2.45) is 5.73 Å². The zero-order chi connectivity index (χ0) is 9.84. The van der Waals surface area contributed by atoms with Crippen LogP contribution in [0.2, 0.25) is 0 Å². The highest BCUT2D eigenvalue weighted by molar-refractivity contribution is 5.75. The Labute approximate surface area is 77.2 Å². The Hall–Kier alpha value is -1.35. The first kappa shape index (κ1) is 9.74. The number of hydrogen-bond donors (Lipinski definition) is 2. The number of carboxylic acids is 1. The minimum Gasteiger partial charge on any atom is -0.480 e. The fourth-order valence-electron chi connectivity index (χ4n) is 1.15. The van der Waals surface area contributed by atoms with E-state index < -0.39 is 12.0 Å². The van der Waals surface area contributed by atoms with Gasteiger partial charge in [-0.3, -0.25) is 4.79 Å². The molecule has 3 N–H and O–H groups in total. The molecule has 1 aromatic carbocycles. The second kappa shape index (κ2) is 4.05. The summed E-state index contributed by atoms with van der Waals surface area (Å²) >= 11 is 0. The van der Waals surface area contributed by atoms with E-state index in [1.807, 2.05) is 25.1 Å². The average Bonchev–Trinajstić information content (AvgIpc) is 2.16. The summed E-state index contributed by atoms with van der Waals surface area (Å²) < 4.78 is 0. The molecule has 0 aliphatic heterocycles. The van der Waals surface area contributed by atoms with Crippen molar-refractivity contribution in [3.8, 4) is 0 Å². The number of carbonyl (C=O) groups is 1. The summed E-state index contributed by atoms with van der Waals surface area (Å²) in [5.74, 6) is -0.992. The van der Waals surface area contributed by atoms with E-state index in [0.717, 1.165) is 12.0 Å². The molecule has 1 aromatic rings. The maximum absolute atomic E-state index is 10.6. The largest absolute Gasteiger partial charge is 0.480 e. The summed E-state index contributed by atoms with van der Waals surface area (Å²) in [4.78, 5) is 10.6. The molecule has 0 aliphatic rings. The molecule has 13 heavy (non-hydrogen) atoms. The van der Waals surface area contributed by atoms with Crippen LogP contribution in [-0.2, 0) is 11.2 Å². The van der Waals surface area contributed by atoms with Crippen LogP contribution in [0.3, 0.4) is 0 Å². The van der Waals surface area contributed by atoms with Crippen LogP contribution in [0.15, 0.2) is 24.3 Å². The van der Waals surface area contributed by atoms with E-state index in [2.05, 4.69) is 0 Å². The summed E-state index contributed by atoms with van der Waals surface area (Å²) in [6.45, 7) is 2.02. The van der Waals surface area contributed by atoms with Gasteiger partial charge in [0.15, 0.2) is 0 Å². The quantitative estimate of drug-likeness (QED) is 0.735. The summed E-state index contributed by atoms with van der Waals surface area (Å²) in [5.41, 5.74) is 7.23. The van der Waals surface area contributed by atoms with E-state index in [-0.39, 0.29) is 0 Å². The Bertz CT molecular complexity index is 310. The fraction of sp³-hybridized carbons (Fsp3) is 0.300. The van der Waals surface area contributed by atoms with Crippen LogP contribution >= 0.6 is 0 Å². The Morgan fingerprint density at radius 1 is 1.62 bits per heavy atom. The zero-order valence-corrected chi connectivity index (χ0v) is 7.53. The molecule has 0 aromatic heterocycles. The third-order valence-electron chi connectivity index (χ3n) is 1.98. The van der Waals surface area contributed by atoms with Crippen molar-refractivity contribution < 1.29 is 9.90 Å². The van der Waals surface area contributed by atoms with Gasteiger partial charge in [-0.1, -0.05) is 31.2 Å². The molecular formula is C10H13NO2. The lowest BCUT2D eigenvalue weighted by Gasteiger charge is -2.07. The fourth-order valence-corrected chi connectivity index (χ4v) is 1.15. The SMILES string of the molecule is CCc1cccc([C@H](N)C(=O)O)c1. The predicted molar refractivity (Wildman–Crippen MR) is 50.4 cm³/mol. The van der Waals surface area contributed by atoms with E-state index in [1.54, 1.807) is 6.07 Å². The number of hydrogen-bond acceptors (Lipinski definition) is 2. The van der Waals surface area contributed by atoms with Gasteiger partial charge in [0.05, 0.1) is 0 Å². The molecule has 1 rings (SSSR count). The lowest BCUT2D eigenvalue weighted by atomic mass is 10.0. The highest BCUT2D eigenvalue weighted by Crippen LogP contribution is 2.12. The van der Waals surface area contributed by atoms with Gasteiger partial charge in [-0.2, -0.15) is 0 Å². The van der Waals surface area contributed by atoms with Crippen molar-refractivity contribution in [1.82, 2.24) is 0 Å². The van der Waals surface area contributed by atoms with Crippen molar-refractivity contribution >= 4 is 5.97 Å². The minimum absolute atomic E-state index is 0.659. The van der Waals surface area contributed by atoms with Crippen molar-refractivity contribution in [2.45, 2.75) is 19.4 Å². The van der Waals surface area contributed by atoms with Crippen molar-refractivity contribution in [3.05, 3.63) is 35.4 Å². The molecule has 0 unspecified atom stereocenters. The smallest absolute Gasteiger partial charge is 0.325 e. The number of nitrogens with two attached hydrogens (primary N) is 1. The number of benzene rings is 1. The monoisotopic (exact) mass is 179 g/mol. The van der Waals surface area contributed by atoms with E-state index in [0.29, 0.717) is 5.56 Å². The second-order valence-electron chi connectivity index (χ2n) is 2.91. The first-order chi connectivity index (χ1) is 6.15. The molecule has 3 nitrogen and oxygen atoms in total. The zero-order valence-electron chi connectivity index (χ0n) is 7.53. The van der Waals surface area contributed by atoms with Gasteiger partial charge in [0.2, 0.25) is 0 Å². The molecule has 0 aliphatic carbocycles. The van der Waals surface area contributed by atoms with E-state index in [9.17, 15) is 4.79 Å². The molecule has 0 fully saturated rings. The van der Waals surface area contributed by atoms with Gasteiger partial charge in [0, 0.05) is 0 Å². The van der Waals surface area contributed by atoms with Crippen molar-refractivity contribution in [3.63, 3.8) is 0 Å². The van der Waals surface area contributed by atoms with Crippen LogP contribution in [0.25, 0.3) is 0 Å². The molecule has 3 heteroatoms. The molecule has 1 atom stereocenters. The number of aliphatic carboxylic acids is 1. The minimum atomic E-state index is -0.992. The first-order valence-corrected chi connectivity index (χ1v) is 4.22. The molecule has 0 bridgehead atoms. The highest BCUT2D eigenvalue weighted by Gasteiger charge is 2.13. The maximum Gasteiger partial charge on any atom is 0.325 e. The van der Waals surface area contributed by atoms with E-state index in [1.165, 1.54) is 0 Å². The van der Waals surface area contributed by atoms with Gasteiger partial charge in [-0.25, -0.2) is 0 Å². The van der Waals surface area contributed by atoms with Gasteiger partial charge in [0.1, 0.15) is 6.04 Å². The number of aryl methyl sites for hydroxylation is 1. The van der Waals surface area contributed by atoms with Gasteiger partial charge < -0.3 is 10.8 Å². The Morgan fingerprint density at radius 2 is 2.31 bits per heavy atom. The standard InChI is InChI=1S/C10H13NO2/c1-2-7-4-3-5-8(6-7)9(11)10(12)13/h3-6,9H,2,11H2,1H3,(H,12,13)/t9-/m0/s1. The van der Waals surface area contributed by atoms with Crippen LogP contribution in [0.5, 0.6) is 0 Å². The van der Waals surface area contributed by atoms with E-state index >= 15 is 0 Å². The van der Waals surface area contributed by atoms with Crippen LogP contribution < -0.4 is 5.73 Å². The third kappa shape index (κ3) is 2.29. The van der Waals surface area contributed by atoms with Crippen LogP contribution in [-0.4, -0.2) is 11.1 Å². The highest BCUT2D eigenvalue weighted by atomic mass is 16.4. The predicted octanol–water partition coefficient (Wildman–Crippen LogP) is 1.33. The van der Waals surface area contributed by atoms with E-state index in [4.69, 9.17) is 10.8 Å². The molecule has 0 spiro atoms. The molecule has 0 amide bonds. The van der Waals surface area contributed by atoms with Gasteiger partial charge in [0.25, 0.3) is 0 Å².